The molecule has 6 heteroatoms. The lowest BCUT2D eigenvalue weighted by atomic mass is 10.0. The van der Waals surface area contributed by atoms with E-state index < -0.39 is 0 Å². The molecule has 3 aromatic carbocycles. The summed E-state index contributed by atoms with van der Waals surface area (Å²) in [6, 6.07) is 17.6. The molecule has 3 rings (SSSR count). The van der Waals surface area contributed by atoms with Gasteiger partial charge in [0.25, 0.3) is 0 Å². The molecule has 3 nitrogen and oxygen atoms in total. The lowest BCUT2D eigenvalue weighted by Crippen LogP contribution is -2.06. The van der Waals surface area contributed by atoms with E-state index in [1.165, 1.54) is 0 Å². The molecule has 0 bridgehead atoms. The summed E-state index contributed by atoms with van der Waals surface area (Å²) in [4.78, 5) is 0. The minimum absolute atomic E-state index is 0.427. The zero-order chi connectivity index (χ0) is 22.2. The van der Waals surface area contributed by atoms with Gasteiger partial charge < -0.3 is 14.8 Å². The van der Waals surface area contributed by atoms with Crippen LogP contribution in [0.5, 0.6) is 11.5 Å². The predicted octanol–water partition coefficient (Wildman–Crippen LogP) is 8.07. The van der Waals surface area contributed by atoms with Crippen LogP contribution >= 0.6 is 39.1 Å². The van der Waals surface area contributed by atoms with Crippen LogP contribution in [0.1, 0.15) is 23.6 Å². The Morgan fingerprint density at radius 1 is 1.00 bits per heavy atom. The Morgan fingerprint density at radius 3 is 2.45 bits per heavy atom. The van der Waals surface area contributed by atoms with Crippen LogP contribution in [0, 0.1) is 0 Å². The molecule has 0 spiro atoms. The molecule has 0 saturated carbocycles. The number of hydrogen-bond donors (Lipinski definition) is 1. The molecule has 0 saturated heterocycles. The molecule has 31 heavy (non-hydrogen) atoms. The number of hydrogen-bond acceptors (Lipinski definition) is 3. The number of benzene rings is 3. The van der Waals surface area contributed by atoms with Crippen LogP contribution in [-0.2, 0) is 19.6 Å². The Hall–Kier alpha value is -2.14. The summed E-state index contributed by atoms with van der Waals surface area (Å²) in [6.45, 7) is 7.46. The normalized spacial score (nSPS) is 10.6. The fraction of sp³-hybridized carbons (Fsp3) is 0.200. The molecule has 0 heterocycles. The molecular weight excluding hydrogens is 497 g/mol. The number of rotatable bonds is 10. The van der Waals surface area contributed by atoms with Gasteiger partial charge in [-0.2, -0.15) is 0 Å². The van der Waals surface area contributed by atoms with Crippen molar-refractivity contribution in [3.8, 4) is 11.5 Å². The van der Waals surface area contributed by atoms with Crippen LogP contribution in [0.3, 0.4) is 0 Å². The largest absolute Gasteiger partial charge is 0.490 e. The maximum absolute atomic E-state index is 6.20. The van der Waals surface area contributed by atoms with E-state index in [0.717, 1.165) is 38.3 Å². The van der Waals surface area contributed by atoms with E-state index in [1.807, 2.05) is 61.5 Å². The topological polar surface area (TPSA) is 30.5 Å². The lowest BCUT2D eigenvalue weighted by Gasteiger charge is -2.18. The van der Waals surface area contributed by atoms with Crippen molar-refractivity contribution in [2.24, 2.45) is 0 Å². The Labute approximate surface area is 202 Å². The second kappa shape index (κ2) is 11.5. The average molecular weight is 521 g/mol. The quantitative estimate of drug-likeness (QED) is 0.274. The molecule has 1 N–H and O–H groups in total. The summed E-state index contributed by atoms with van der Waals surface area (Å²) < 4.78 is 13.0. The maximum Gasteiger partial charge on any atom is 0.165 e. The van der Waals surface area contributed by atoms with Crippen molar-refractivity contribution in [1.82, 2.24) is 0 Å². The SMILES string of the molecule is C=CCc1cc(CNc2ccc(Br)c(Cl)c2)cc(OCC)c1OCc1ccc(Cl)cc1. The van der Waals surface area contributed by atoms with Gasteiger partial charge in [-0.25, -0.2) is 0 Å². The van der Waals surface area contributed by atoms with Gasteiger partial charge in [-0.15, -0.1) is 6.58 Å². The molecule has 0 radical (unpaired) electrons. The van der Waals surface area contributed by atoms with Crippen molar-refractivity contribution in [1.29, 1.82) is 0 Å². The third-order valence-corrected chi connectivity index (χ3v) is 6.05. The summed E-state index contributed by atoms with van der Waals surface area (Å²) in [5.41, 5.74) is 4.09. The van der Waals surface area contributed by atoms with Crippen LogP contribution in [0.4, 0.5) is 5.69 Å². The Bertz CT molecular complexity index is 1040. The van der Waals surface area contributed by atoms with Gasteiger partial charge in [-0.05, 0) is 82.9 Å². The monoisotopic (exact) mass is 519 g/mol. The number of allylic oxidation sites excluding steroid dienone is 1. The summed E-state index contributed by atoms with van der Waals surface area (Å²) in [6.07, 6.45) is 2.54. The smallest absolute Gasteiger partial charge is 0.165 e. The highest BCUT2D eigenvalue weighted by atomic mass is 79.9. The highest BCUT2D eigenvalue weighted by Gasteiger charge is 2.14. The van der Waals surface area contributed by atoms with Crippen LogP contribution in [0.25, 0.3) is 0 Å². The third kappa shape index (κ3) is 6.67. The molecule has 3 aromatic rings. The molecule has 0 aliphatic rings. The molecule has 0 atom stereocenters. The van der Waals surface area contributed by atoms with Gasteiger partial charge in [0.15, 0.2) is 11.5 Å². The van der Waals surface area contributed by atoms with Gasteiger partial charge >= 0.3 is 0 Å². The molecule has 0 amide bonds. The second-order valence-electron chi connectivity index (χ2n) is 6.91. The van der Waals surface area contributed by atoms with Gasteiger partial charge in [0.1, 0.15) is 6.61 Å². The fourth-order valence-electron chi connectivity index (χ4n) is 3.11. The van der Waals surface area contributed by atoms with Crippen molar-refractivity contribution in [3.63, 3.8) is 0 Å². The first-order valence-electron chi connectivity index (χ1n) is 9.95. The number of anilines is 1. The molecule has 0 aliphatic carbocycles. The zero-order valence-electron chi connectivity index (χ0n) is 17.3. The van der Waals surface area contributed by atoms with E-state index in [4.69, 9.17) is 32.7 Å². The number of halogens is 3. The van der Waals surface area contributed by atoms with Crippen LogP contribution in [0.2, 0.25) is 10.0 Å². The first-order valence-corrected chi connectivity index (χ1v) is 11.5. The third-order valence-electron chi connectivity index (χ3n) is 4.57. The Morgan fingerprint density at radius 2 is 1.77 bits per heavy atom. The molecule has 0 aromatic heterocycles. The molecular formula is C25H24BrCl2NO2. The van der Waals surface area contributed by atoms with Gasteiger partial charge in [0.05, 0.1) is 11.6 Å². The predicted molar refractivity (Wildman–Crippen MR) is 134 cm³/mol. The van der Waals surface area contributed by atoms with Crippen molar-refractivity contribution in [3.05, 3.63) is 98.5 Å². The van der Waals surface area contributed by atoms with Gasteiger partial charge in [0.2, 0.25) is 0 Å². The van der Waals surface area contributed by atoms with Gasteiger partial charge in [-0.1, -0.05) is 41.4 Å². The molecule has 162 valence electrons. The Kier molecular flexibility index (Phi) is 8.70. The first-order chi connectivity index (χ1) is 15.0. The van der Waals surface area contributed by atoms with Crippen LogP contribution in [-0.4, -0.2) is 6.61 Å². The lowest BCUT2D eigenvalue weighted by molar-refractivity contribution is 0.267. The van der Waals surface area contributed by atoms with Crippen LogP contribution in [0.15, 0.2) is 71.7 Å². The standard InChI is InChI=1S/C25H24BrCl2NO2/c1-3-5-19-12-18(15-29-21-10-11-22(26)23(28)14-21)13-24(30-4-2)25(19)31-16-17-6-8-20(27)9-7-17/h3,6-14,29H,1,4-5,15-16H2,2H3. The van der Waals surface area contributed by atoms with E-state index in [0.29, 0.717) is 36.2 Å². The first kappa shape index (κ1) is 23.5. The summed E-state index contributed by atoms with van der Waals surface area (Å²) in [7, 11) is 0. The summed E-state index contributed by atoms with van der Waals surface area (Å²) in [5.74, 6) is 1.47. The van der Waals surface area contributed by atoms with E-state index in [1.54, 1.807) is 0 Å². The second-order valence-corrected chi connectivity index (χ2v) is 8.60. The minimum Gasteiger partial charge on any atom is -0.490 e. The molecule has 0 unspecified atom stereocenters. The Balaban J connectivity index is 1.82. The van der Waals surface area contributed by atoms with E-state index in [9.17, 15) is 0 Å². The minimum atomic E-state index is 0.427. The van der Waals surface area contributed by atoms with E-state index >= 15 is 0 Å². The highest BCUT2D eigenvalue weighted by Crippen LogP contribution is 2.35. The number of ether oxygens (including phenoxy) is 2. The van der Waals surface area contributed by atoms with E-state index in [-0.39, 0.29) is 0 Å². The van der Waals surface area contributed by atoms with Gasteiger partial charge in [0, 0.05) is 27.3 Å². The molecule has 0 fully saturated rings. The average Bonchev–Trinajstić information content (AvgIpc) is 2.75. The number of nitrogens with one attached hydrogen (secondary N) is 1. The van der Waals surface area contributed by atoms with Gasteiger partial charge in [-0.3, -0.25) is 0 Å². The van der Waals surface area contributed by atoms with E-state index in [2.05, 4.69) is 33.9 Å². The fourth-order valence-corrected chi connectivity index (χ4v) is 3.66. The van der Waals surface area contributed by atoms with Crippen LogP contribution < -0.4 is 14.8 Å². The summed E-state index contributed by atoms with van der Waals surface area (Å²) in [5, 5.41) is 4.78. The van der Waals surface area contributed by atoms with Crippen molar-refractivity contribution >= 4 is 44.8 Å². The van der Waals surface area contributed by atoms with Crippen molar-refractivity contribution in [2.75, 3.05) is 11.9 Å². The molecule has 0 aliphatic heterocycles. The summed E-state index contributed by atoms with van der Waals surface area (Å²) >= 11 is 15.6. The zero-order valence-corrected chi connectivity index (χ0v) is 20.4. The highest BCUT2D eigenvalue weighted by molar-refractivity contribution is 9.10. The van der Waals surface area contributed by atoms with Crippen molar-refractivity contribution < 1.29 is 9.47 Å². The maximum atomic E-state index is 6.20. The van der Waals surface area contributed by atoms with Crippen molar-refractivity contribution in [2.45, 2.75) is 26.5 Å².